The third-order valence-corrected chi connectivity index (χ3v) is 4.21. The summed E-state index contributed by atoms with van der Waals surface area (Å²) in [5.74, 6) is -10.2. The molecule has 0 fully saturated rings. The van der Waals surface area contributed by atoms with Gasteiger partial charge in [-0.25, -0.2) is 0 Å². The Labute approximate surface area is 158 Å². The van der Waals surface area contributed by atoms with Crippen LogP contribution in [0.1, 0.15) is 11.1 Å². The molecule has 4 N–H and O–H groups in total. The van der Waals surface area contributed by atoms with Crippen LogP contribution in [0.15, 0.2) is 24.3 Å². The Bertz CT molecular complexity index is 753. The molecule has 0 spiro atoms. The molecule has 0 amide bonds. The van der Waals surface area contributed by atoms with Crippen LogP contribution in [0.25, 0.3) is 0 Å². The van der Waals surface area contributed by atoms with Crippen molar-refractivity contribution in [3.05, 3.63) is 35.4 Å². The zero-order chi connectivity index (χ0) is 21.3. The van der Waals surface area contributed by atoms with E-state index in [2.05, 4.69) is 0 Å². The van der Waals surface area contributed by atoms with Crippen LogP contribution in [0.2, 0.25) is 0 Å². The summed E-state index contributed by atoms with van der Waals surface area (Å²) in [7, 11) is 4.67. The largest absolute Gasteiger partial charge is 0.494 e. The van der Waals surface area contributed by atoms with E-state index in [9.17, 15) is 17.6 Å². The SMILES string of the molecule is COc1cc(C(F)(F)C(F)(F)c2cc(OC)c(N)c(OC)c2)cc(OC)c1N. The van der Waals surface area contributed by atoms with E-state index >= 15 is 0 Å². The first-order valence-corrected chi connectivity index (χ1v) is 7.84. The van der Waals surface area contributed by atoms with Gasteiger partial charge in [0.1, 0.15) is 34.4 Å². The third-order valence-electron chi connectivity index (χ3n) is 4.21. The molecule has 6 nitrogen and oxygen atoms in total. The predicted octanol–water partition coefficient (Wildman–Crippen LogP) is 3.77. The molecule has 0 heterocycles. The summed E-state index contributed by atoms with van der Waals surface area (Å²) >= 11 is 0. The number of nitrogens with two attached hydrogens (primary N) is 2. The Morgan fingerprint density at radius 1 is 0.571 bits per heavy atom. The molecular weight excluding hydrogens is 384 g/mol. The van der Waals surface area contributed by atoms with Gasteiger partial charge >= 0.3 is 11.8 Å². The molecule has 2 rings (SSSR count). The lowest BCUT2D eigenvalue weighted by Gasteiger charge is -2.29. The second-order valence-electron chi connectivity index (χ2n) is 5.74. The smallest absolute Gasteiger partial charge is 0.340 e. The van der Waals surface area contributed by atoms with Crippen LogP contribution < -0.4 is 30.4 Å². The van der Waals surface area contributed by atoms with Gasteiger partial charge in [0.2, 0.25) is 0 Å². The van der Waals surface area contributed by atoms with Crippen molar-refractivity contribution in [2.45, 2.75) is 11.8 Å². The first-order valence-electron chi connectivity index (χ1n) is 7.84. The van der Waals surface area contributed by atoms with E-state index < -0.39 is 23.0 Å². The maximum Gasteiger partial charge on any atom is 0.340 e. The second-order valence-corrected chi connectivity index (χ2v) is 5.74. The zero-order valence-electron chi connectivity index (χ0n) is 15.6. The summed E-state index contributed by atoms with van der Waals surface area (Å²) in [6.45, 7) is 0. The number of hydrogen-bond donors (Lipinski definition) is 2. The fraction of sp³-hybridized carbons (Fsp3) is 0.333. The molecule has 154 valence electrons. The van der Waals surface area contributed by atoms with Crippen LogP contribution >= 0.6 is 0 Å². The molecule has 0 saturated heterocycles. The molecule has 0 aliphatic rings. The summed E-state index contributed by atoms with van der Waals surface area (Å²) < 4.78 is 79.3. The first-order chi connectivity index (χ1) is 13.0. The van der Waals surface area contributed by atoms with Crippen molar-refractivity contribution in [1.29, 1.82) is 0 Å². The van der Waals surface area contributed by atoms with Crippen LogP contribution in [0.5, 0.6) is 23.0 Å². The highest BCUT2D eigenvalue weighted by molar-refractivity contribution is 5.66. The van der Waals surface area contributed by atoms with Crippen molar-refractivity contribution >= 4 is 11.4 Å². The quantitative estimate of drug-likeness (QED) is 0.540. The highest BCUT2D eigenvalue weighted by Crippen LogP contribution is 2.53. The van der Waals surface area contributed by atoms with Crippen molar-refractivity contribution in [2.75, 3.05) is 39.9 Å². The molecule has 0 atom stereocenters. The standard InChI is InChI=1S/C18H20F4N2O4/c1-25-11-5-9(6-12(26-2)15(11)23)17(19,20)18(21,22)10-7-13(27-3)16(24)14(8-10)28-4/h5-8H,23-24H2,1-4H3. The number of benzene rings is 2. The highest BCUT2D eigenvalue weighted by atomic mass is 19.3. The van der Waals surface area contributed by atoms with Crippen molar-refractivity contribution in [3.8, 4) is 23.0 Å². The number of ether oxygens (including phenoxy) is 4. The van der Waals surface area contributed by atoms with E-state index in [1.54, 1.807) is 0 Å². The second kappa shape index (κ2) is 7.53. The van der Waals surface area contributed by atoms with Crippen LogP contribution in [0.4, 0.5) is 28.9 Å². The average molecular weight is 404 g/mol. The average Bonchev–Trinajstić information content (AvgIpc) is 2.67. The van der Waals surface area contributed by atoms with E-state index in [1.165, 1.54) is 28.4 Å². The Morgan fingerprint density at radius 3 is 0.964 bits per heavy atom. The van der Waals surface area contributed by atoms with Gasteiger partial charge < -0.3 is 30.4 Å². The number of alkyl halides is 4. The van der Waals surface area contributed by atoms with Gasteiger partial charge in [0.05, 0.1) is 28.4 Å². The minimum Gasteiger partial charge on any atom is -0.494 e. The van der Waals surface area contributed by atoms with E-state index in [-0.39, 0.29) is 34.4 Å². The molecule has 0 saturated carbocycles. The van der Waals surface area contributed by atoms with Gasteiger partial charge in [0, 0.05) is 11.1 Å². The summed E-state index contributed by atoms with van der Waals surface area (Å²) in [4.78, 5) is 0. The fourth-order valence-electron chi connectivity index (χ4n) is 2.60. The predicted molar refractivity (Wildman–Crippen MR) is 95.7 cm³/mol. The number of nitrogen functional groups attached to an aromatic ring is 2. The van der Waals surface area contributed by atoms with E-state index in [0.717, 1.165) is 24.3 Å². The fourth-order valence-corrected chi connectivity index (χ4v) is 2.60. The van der Waals surface area contributed by atoms with Gasteiger partial charge in [0.15, 0.2) is 0 Å². The van der Waals surface area contributed by atoms with Crippen LogP contribution in [-0.2, 0) is 11.8 Å². The summed E-state index contributed by atoms with van der Waals surface area (Å²) in [6.07, 6.45) is 0. The summed E-state index contributed by atoms with van der Waals surface area (Å²) in [5, 5.41) is 0. The molecule has 2 aromatic carbocycles. The van der Waals surface area contributed by atoms with Crippen LogP contribution in [-0.4, -0.2) is 28.4 Å². The lowest BCUT2D eigenvalue weighted by atomic mass is 9.94. The molecule has 0 unspecified atom stereocenters. The van der Waals surface area contributed by atoms with Gasteiger partial charge in [-0.1, -0.05) is 0 Å². The van der Waals surface area contributed by atoms with E-state index in [1.807, 2.05) is 0 Å². The Hall–Kier alpha value is -3.04. The Morgan fingerprint density at radius 2 is 0.786 bits per heavy atom. The highest BCUT2D eigenvalue weighted by Gasteiger charge is 2.59. The third kappa shape index (κ3) is 3.30. The molecular formula is C18H20F4N2O4. The lowest BCUT2D eigenvalue weighted by molar-refractivity contribution is -0.224. The molecule has 0 radical (unpaired) electrons. The molecule has 28 heavy (non-hydrogen) atoms. The number of halogens is 4. The number of anilines is 2. The molecule has 2 aromatic rings. The maximum atomic E-state index is 14.9. The van der Waals surface area contributed by atoms with Gasteiger partial charge in [-0.3, -0.25) is 0 Å². The van der Waals surface area contributed by atoms with Crippen molar-refractivity contribution in [2.24, 2.45) is 0 Å². The monoisotopic (exact) mass is 404 g/mol. The van der Waals surface area contributed by atoms with Gasteiger partial charge in [-0.15, -0.1) is 0 Å². The minimum absolute atomic E-state index is 0.0938. The molecule has 0 aliphatic heterocycles. The van der Waals surface area contributed by atoms with Gasteiger partial charge in [0.25, 0.3) is 0 Å². The number of methoxy groups -OCH3 is 4. The summed E-state index contributed by atoms with van der Waals surface area (Å²) in [6, 6.07) is 2.93. The normalized spacial score (nSPS) is 11.9. The number of rotatable bonds is 7. The van der Waals surface area contributed by atoms with Crippen LogP contribution in [0.3, 0.4) is 0 Å². The zero-order valence-corrected chi connectivity index (χ0v) is 15.6. The topological polar surface area (TPSA) is 89.0 Å². The van der Waals surface area contributed by atoms with Crippen molar-refractivity contribution in [1.82, 2.24) is 0 Å². The molecule has 0 bridgehead atoms. The lowest BCUT2D eigenvalue weighted by Crippen LogP contribution is -2.35. The number of hydrogen-bond acceptors (Lipinski definition) is 6. The van der Waals surface area contributed by atoms with Gasteiger partial charge in [-0.05, 0) is 24.3 Å². The Balaban J connectivity index is 2.68. The van der Waals surface area contributed by atoms with E-state index in [0.29, 0.717) is 0 Å². The Kier molecular flexibility index (Phi) is 5.72. The maximum absolute atomic E-state index is 14.9. The molecule has 0 aromatic heterocycles. The van der Waals surface area contributed by atoms with E-state index in [4.69, 9.17) is 30.4 Å². The molecule has 0 aliphatic carbocycles. The first kappa shape index (κ1) is 21.3. The van der Waals surface area contributed by atoms with Crippen LogP contribution in [0, 0.1) is 0 Å². The van der Waals surface area contributed by atoms with Crippen molar-refractivity contribution < 1.29 is 36.5 Å². The minimum atomic E-state index is -4.66. The van der Waals surface area contributed by atoms with Crippen molar-refractivity contribution in [3.63, 3.8) is 0 Å². The van der Waals surface area contributed by atoms with Gasteiger partial charge in [-0.2, -0.15) is 17.6 Å². The molecule has 10 heteroatoms. The summed E-state index contributed by atoms with van der Waals surface area (Å²) in [5.41, 5.74) is 9.12.